The second-order valence-electron chi connectivity index (χ2n) is 7.81. The summed E-state index contributed by atoms with van der Waals surface area (Å²) in [6, 6.07) is 2.52. The van der Waals surface area contributed by atoms with E-state index in [4.69, 9.17) is 0 Å². The molecule has 0 spiro atoms. The van der Waals surface area contributed by atoms with Gasteiger partial charge >= 0.3 is 0 Å². The van der Waals surface area contributed by atoms with E-state index in [1.807, 2.05) is 6.92 Å². The highest BCUT2D eigenvalue weighted by Crippen LogP contribution is 2.49. The standard InChI is InChI=1S/C18H27N3O4S/c1-12(16-9-13-4-5-14(16)8-13)19-17(22)11-21-10-15(6-7-18(21)23)26(24,25)20(2)3/h6-7,10,12-14,16H,4-5,8-9,11H2,1-3H3,(H,19,22). The molecule has 1 aromatic heterocycles. The normalized spacial score (nSPS) is 26.2. The summed E-state index contributed by atoms with van der Waals surface area (Å²) in [6.07, 6.45) is 6.24. The van der Waals surface area contributed by atoms with Crippen LogP contribution in [-0.4, -0.2) is 43.3 Å². The molecule has 2 saturated carbocycles. The smallest absolute Gasteiger partial charge is 0.251 e. The molecule has 0 aromatic carbocycles. The number of aromatic nitrogens is 1. The van der Waals surface area contributed by atoms with Gasteiger partial charge in [-0.1, -0.05) is 6.42 Å². The van der Waals surface area contributed by atoms with Crippen LogP contribution in [0.1, 0.15) is 32.6 Å². The third-order valence-electron chi connectivity index (χ3n) is 5.87. The molecular formula is C18H27N3O4S. The molecule has 144 valence electrons. The lowest BCUT2D eigenvalue weighted by atomic mass is 9.84. The van der Waals surface area contributed by atoms with Crippen LogP contribution in [0.15, 0.2) is 28.0 Å². The molecule has 26 heavy (non-hydrogen) atoms. The predicted octanol–water partition coefficient (Wildman–Crippen LogP) is 1.04. The number of nitrogens with zero attached hydrogens (tertiary/aromatic N) is 2. The molecule has 0 saturated heterocycles. The summed E-state index contributed by atoms with van der Waals surface area (Å²) in [7, 11) is -0.802. The molecule has 4 atom stereocenters. The van der Waals surface area contributed by atoms with Crippen molar-refractivity contribution in [2.24, 2.45) is 17.8 Å². The molecule has 1 aromatic rings. The number of rotatable bonds is 6. The van der Waals surface area contributed by atoms with Gasteiger partial charge in [0.05, 0.1) is 4.90 Å². The molecule has 0 radical (unpaired) electrons. The van der Waals surface area contributed by atoms with Crippen molar-refractivity contribution >= 4 is 15.9 Å². The van der Waals surface area contributed by atoms with Gasteiger partial charge in [-0.05, 0) is 50.0 Å². The summed E-state index contributed by atoms with van der Waals surface area (Å²) in [4.78, 5) is 24.4. The number of carbonyl (C=O) groups is 1. The molecule has 2 bridgehead atoms. The molecule has 2 aliphatic rings. The van der Waals surface area contributed by atoms with Crippen LogP contribution in [0.2, 0.25) is 0 Å². The van der Waals surface area contributed by atoms with Gasteiger partial charge in [0.15, 0.2) is 0 Å². The van der Waals surface area contributed by atoms with Crippen molar-refractivity contribution in [1.82, 2.24) is 14.2 Å². The molecule has 1 N–H and O–H groups in total. The maximum atomic E-state index is 12.4. The zero-order valence-electron chi connectivity index (χ0n) is 15.5. The highest BCUT2D eigenvalue weighted by molar-refractivity contribution is 7.89. The first kappa shape index (κ1) is 19.1. The molecule has 1 amide bonds. The van der Waals surface area contributed by atoms with Crippen molar-refractivity contribution in [3.05, 3.63) is 28.7 Å². The second-order valence-corrected chi connectivity index (χ2v) is 9.97. The largest absolute Gasteiger partial charge is 0.352 e. The van der Waals surface area contributed by atoms with E-state index >= 15 is 0 Å². The van der Waals surface area contributed by atoms with Crippen molar-refractivity contribution in [3.8, 4) is 0 Å². The number of carbonyl (C=O) groups excluding carboxylic acids is 1. The molecule has 2 fully saturated rings. The van der Waals surface area contributed by atoms with E-state index in [0.717, 1.165) is 14.8 Å². The van der Waals surface area contributed by atoms with E-state index < -0.39 is 15.6 Å². The number of hydrogen-bond donors (Lipinski definition) is 1. The van der Waals surface area contributed by atoms with Gasteiger partial charge in [0.1, 0.15) is 6.54 Å². The number of nitrogens with one attached hydrogen (secondary N) is 1. The summed E-state index contributed by atoms with van der Waals surface area (Å²) in [6.45, 7) is 1.85. The van der Waals surface area contributed by atoms with E-state index in [0.29, 0.717) is 11.8 Å². The number of pyridine rings is 1. The van der Waals surface area contributed by atoms with E-state index in [1.165, 1.54) is 58.1 Å². The lowest BCUT2D eigenvalue weighted by Gasteiger charge is -2.28. The van der Waals surface area contributed by atoms with Gasteiger partial charge in [-0.15, -0.1) is 0 Å². The highest BCUT2D eigenvalue weighted by atomic mass is 32.2. The molecule has 2 aliphatic carbocycles. The number of sulfonamides is 1. The van der Waals surface area contributed by atoms with E-state index in [-0.39, 0.29) is 23.4 Å². The first-order chi connectivity index (χ1) is 12.2. The van der Waals surface area contributed by atoms with Crippen molar-refractivity contribution < 1.29 is 13.2 Å². The quantitative estimate of drug-likeness (QED) is 0.797. The van der Waals surface area contributed by atoms with Crippen LogP contribution in [0.4, 0.5) is 0 Å². The van der Waals surface area contributed by atoms with E-state index in [2.05, 4.69) is 5.32 Å². The van der Waals surface area contributed by atoms with Crippen molar-refractivity contribution in [1.29, 1.82) is 0 Å². The minimum absolute atomic E-state index is 0.00366. The Hall–Kier alpha value is -1.67. The molecule has 0 aliphatic heterocycles. The first-order valence-corrected chi connectivity index (χ1v) is 10.5. The molecule has 1 heterocycles. The topological polar surface area (TPSA) is 88.5 Å². The van der Waals surface area contributed by atoms with Gasteiger partial charge in [0.25, 0.3) is 5.56 Å². The maximum absolute atomic E-state index is 12.4. The second kappa shape index (κ2) is 7.15. The lowest BCUT2D eigenvalue weighted by Crippen LogP contribution is -2.42. The van der Waals surface area contributed by atoms with Crippen molar-refractivity contribution in [3.63, 3.8) is 0 Å². The summed E-state index contributed by atoms with van der Waals surface area (Å²) in [5.41, 5.74) is -0.398. The summed E-state index contributed by atoms with van der Waals surface area (Å²) in [5, 5.41) is 3.00. The Morgan fingerprint density at radius 1 is 1.31 bits per heavy atom. The zero-order chi connectivity index (χ0) is 19.1. The first-order valence-electron chi connectivity index (χ1n) is 9.11. The zero-order valence-corrected chi connectivity index (χ0v) is 16.3. The molecule has 8 heteroatoms. The van der Waals surface area contributed by atoms with Gasteiger partial charge in [-0.25, -0.2) is 12.7 Å². The third-order valence-corrected chi connectivity index (χ3v) is 7.67. The summed E-state index contributed by atoms with van der Waals surface area (Å²) in [5.74, 6) is 1.75. The molecule has 3 rings (SSSR count). The van der Waals surface area contributed by atoms with Crippen LogP contribution in [0.25, 0.3) is 0 Å². The van der Waals surface area contributed by atoms with Gasteiger partial charge < -0.3 is 9.88 Å². The number of fused-ring (bicyclic) bond motifs is 2. The Morgan fingerprint density at radius 2 is 2.04 bits per heavy atom. The lowest BCUT2D eigenvalue weighted by molar-refractivity contribution is -0.122. The average molecular weight is 381 g/mol. The number of hydrogen-bond acceptors (Lipinski definition) is 4. The van der Waals surface area contributed by atoms with Gasteiger partial charge in [0, 0.05) is 32.4 Å². The SMILES string of the molecule is CC(NC(=O)Cn1cc(S(=O)(=O)N(C)C)ccc1=O)C1CC2CCC1C2. The molecular weight excluding hydrogens is 354 g/mol. The van der Waals surface area contributed by atoms with Gasteiger partial charge in [-0.2, -0.15) is 0 Å². The van der Waals surface area contributed by atoms with Gasteiger partial charge in [0.2, 0.25) is 15.9 Å². The van der Waals surface area contributed by atoms with Crippen LogP contribution < -0.4 is 10.9 Å². The van der Waals surface area contributed by atoms with Crippen LogP contribution in [0.3, 0.4) is 0 Å². The minimum Gasteiger partial charge on any atom is -0.352 e. The van der Waals surface area contributed by atoms with Gasteiger partial charge in [-0.3, -0.25) is 9.59 Å². The van der Waals surface area contributed by atoms with E-state index in [1.54, 1.807) is 0 Å². The highest BCUT2D eigenvalue weighted by Gasteiger charge is 2.42. The Morgan fingerprint density at radius 3 is 2.62 bits per heavy atom. The average Bonchev–Trinajstić information content (AvgIpc) is 3.19. The Labute approximate surface area is 154 Å². The number of amides is 1. The van der Waals surface area contributed by atoms with Crippen molar-refractivity contribution in [2.75, 3.05) is 14.1 Å². The van der Waals surface area contributed by atoms with E-state index in [9.17, 15) is 18.0 Å². The fourth-order valence-corrected chi connectivity index (χ4v) is 5.39. The summed E-state index contributed by atoms with van der Waals surface area (Å²) < 4.78 is 26.7. The minimum atomic E-state index is -3.65. The Balaban J connectivity index is 1.68. The van der Waals surface area contributed by atoms with Crippen molar-refractivity contribution in [2.45, 2.75) is 50.1 Å². The Bertz CT molecular complexity index is 846. The Kier molecular flexibility index (Phi) is 5.25. The summed E-state index contributed by atoms with van der Waals surface area (Å²) >= 11 is 0. The third kappa shape index (κ3) is 3.71. The van der Waals surface area contributed by atoms with Crippen LogP contribution >= 0.6 is 0 Å². The molecule has 7 nitrogen and oxygen atoms in total. The predicted molar refractivity (Wildman–Crippen MR) is 98.1 cm³/mol. The fourth-order valence-electron chi connectivity index (χ4n) is 4.46. The maximum Gasteiger partial charge on any atom is 0.251 e. The van der Waals surface area contributed by atoms with Crippen LogP contribution in [0, 0.1) is 17.8 Å². The van der Waals surface area contributed by atoms with Crippen LogP contribution in [-0.2, 0) is 21.4 Å². The monoisotopic (exact) mass is 381 g/mol. The molecule has 4 unspecified atom stereocenters. The fraction of sp³-hybridized carbons (Fsp3) is 0.667. The van der Waals surface area contributed by atoms with Crippen LogP contribution in [0.5, 0.6) is 0 Å².